The van der Waals surface area contributed by atoms with E-state index in [0.29, 0.717) is 16.0 Å². The van der Waals surface area contributed by atoms with Crippen molar-refractivity contribution in [3.63, 3.8) is 0 Å². The summed E-state index contributed by atoms with van der Waals surface area (Å²) in [5.74, 6) is 2.36. The molecule has 1 aromatic carbocycles. The summed E-state index contributed by atoms with van der Waals surface area (Å²) in [6.45, 7) is 6.15. The van der Waals surface area contributed by atoms with Gasteiger partial charge in [-0.2, -0.15) is 0 Å². The normalized spacial score (nSPS) is 10.7. The average Bonchev–Trinajstić information content (AvgIpc) is 2.86. The van der Waals surface area contributed by atoms with Crippen LogP contribution in [-0.4, -0.2) is 6.54 Å². The lowest BCUT2D eigenvalue weighted by atomic mass is 10.1. The Bertz CT molecular complexity index is 566. The second-order valence-electron chi connectivity index (χ2n) is 5.25. The fourth-order valence-electron chi connectivity index (χ4n) is 1.91. The summed E-state index contributed by atoms with van der Waals surface area (Å²) in [6.07, 6.45) is 1.16. The van der Waals surface area contributed by atoms with Gasteiger partial charge in [0.25, 0.3) is 0 Å². The zero-order valence-corrected chi connectivity index (χ0v) is 14.5. The van der Waals surface area contributed by atoms with Crippen LogP contribution in [0.4, 0.5) is 0 Å². The minimum absolute atomic E-state index is 0. The zero-order valence-electron chi connectivity index (χ0n) is 12.2. The molecule has 1 N–H and O–H groups in total. The van der Waals surface area contributed by atoms with E-state index < -0.39 is 0 Å². The van der Waals surface area contributed by atoms with E-state index in [-0.39, 0.29) is 12.4 Å². The Balaban J connectivity index is 0.00000220. The highest BCUT2D eigenvalue weighted by atomic mass is 35.5. The number of nitrogens with one attached hydrogen (secondary N) is 1. The van der Waals surface area contributed by atoms with Gasteiger partial charge < -0.3 is 9.73 Å². The van der Waals surface area contributed by atoms with Crippen LogP contribution >= 0.6 is 35.6 Å². The molecular weight excluding hydrogens is 329 g/mol. The number of hydrogen-bond acceptors (Lipinski definition) is 2. The second kappa shape index (κ2) is 8.70. The SMILES string of the molecule is CC(C)CCNCc1ccc(-c2cc(Cl)ccc2Cl)o1.Cl. The molecule has 1 aromatic heterocycles. The van der Waals surface area contributed by atoms with Crippen LogP contribution in [0.2, 0.25) is 10.0 Å². The molecule has 1 heterocycles. The summed E-state index contributed by atoms with van der Waals surface area (Å²) < 4.78 is 5.81. The van der Waals surface area contributed by atoms with Crippen LogP contribution < -0.4 is 5.32 Å². The van der Waals surface area contributed by atoms with E-state index in [0.717, 1.165) is 36.6 Å². The first-order valence-electron chi connectivity index (χ1n) is 6.81. The fraction of sp³-hybridized carbons (Fsp3) is 0.375. The maximum Gasteiger partial charge on any atom is 0.135 e. The van der Waals surface area contributed by atoms with Gasteiger partial charge in [-0.05, 0) is 49.2 Å². The number of benzene rings is 1. The van der Waals surface area contributed by atoms with Gasteiger partial charge in [-0.3, -0.25) is 0 Å². The zero-order chi connectivity index (χ0) is 14.5. The molecule has 116 valence electrons. The Morgan fingerprint density at radius 2 is 1.90 bits per heavy atom. The summed E-state index contributed by atoms with van der Waals surface area (Å²) in [5, 5.41) is 4.66. The summed E-state index contributed by atoms with van der Waals surface area (Å²) in [6, 6.07) is 9.26. The van der Waals surface area contributed by atoms with E-state index in [1.54, 1.807) is 12.1 Å². The minimum Gasteiger partial charge on any atom is -0.460 e. The van der Waals surface area contributed by atoms with E-state index in [1.807, 2.05) is 18.2 Å². The Labute approximate surface area is 142 Å². The van der Waals surface area contributed by atoms with Gasteiger partial charge in [0.1, 0.15) is 11.5 Å². The van der Waals surface area contributed by atoms with Crippen molar-refractivity contribution in [2.75, 3.05) is 6.54 Å². The molecule has 2 aromatic rings. The first-order chi connectivity index (χ1) is 9.56. The molecule has 0 spiro atoms. The molecular formula is C16H20Cl3NO. The lowest BCUT2D eigenvalue weighted by Crippen LogP contribution is -2.15. The molecule has 0 amide bonds. The van der Waals surface area contributed by atoms with Crippen molar-refractivity contribution in [2.24, 2.45) is 5.92 Å². The third kappa shape index (κ3) is 5.55. The summed E-state index contributed by atoms with van der Waals surface area (Å²) >= 11 is 12.2. The van der Waals surface area contributed by atoms with Gasteiger partial charge in [0.15, 0.2) is 0 Å². The van der Waals surface area contributed by atoms with Gasteiger partial charge in [0.05, 0.1) is 11.6 Å². The maximum atomic E-state index is 6.17. The van der Waals surface area contributed by atoms with Crippen molar-refractivity contribution in [3.05, 3.63) is 46.1 Å². The molecule has 0 saturated heterocycles. The lowest BCUT2D eigenvalue weighted by Gasteiger charge is -2.05. The van der Waals surface area contributed by atoms with E-state index in [9.17, 15) is 0 Å². The molecule has 2 rings (SSSR count). The fourth-order valence-corrected chi connectivity index (χ4v) is 2.29. The van der Waals surface area contributed by atoms with Crippen molar-refractivity contribution in [2.45, 2.75) is 26.8 Å². The minimum atomic E-state index is 0. The molecule has 0 aliphatic carbocycles. The number of hydrogen-bond donors (Lipinski definition) is 1. The molecule has 21 heavy (non-hydrogen) atoms. The molecule has 2 nitrogen and oxygen atoms in total. The average molecular weight is 349 g/mol. The summed E-state index contributed by atoms with van der Waals surface area (Å²) in [7, 11) is 0. The van der Waals surface area contributed by atoms with Crippen LogP contribution in [-0.2, 0) is 6.54 Å². The smallest absolute Gasteiger partial charge is 0.135 e. The molecule has 0 aliphatic heterocycles. The first-order valence-corrected chi connectivity index (χ1v) is 7.56. The Hall–Kier alpha value is -0.670. The monoisotopic (exact) mass is 347 g/mol. The molecule has 0 bridgehead atoms. The Kier molecular flexibility index (Phi) is 7.61. The van der Waals surface area contributed by atoms with Crippen molar-refractivity contribution in [1.82, 2.24) is 5.32 Å². The molecule has 0 radical (unpaired) electrons. The van der Waals surface area contributed by atoms with Crippen molar-refractivity contribution >= 4 is 35.6 Å². The predicted molar refractivity (Wildman–Crippen MR) is 92.6 cm³/mol. The number of rotatable bonds is 6. The highest BCUT2D eigenvalue weighted by Crippen LogP contribution is 2.31. The number of halogens is 3. The van der Waals surface area contributed by atoms with E-state index >= 15 is 0 Å². The van der Waals surface area contributed by atoms with Crippen molar-refractivity contribution in [3.8, 4) is 11.3 Å². The van der Waals surface area contributed by atoms with Gasteiger partial charge in [0.2, 0.25) is 0 Å². The quantitative estimate of drug-likeness (QED) is 0.666. The first kappa shape index (κ1) is 18.4. The topological polar surface area (TPSA) is 25.2 Å². The van der Waals surface area contributed by atoms with Crippen molar-refractivity contribution in [1.29, 1.82) is 0 Å². The number of furan rings is 1. The largest absolute Gasteiger partial charge is 0.460 e. The molecule has 0 fully saturated rings. The highest BCUT2D eigenvalue weighted by molar-refractivity contribution is 6.35. The van der Waals surface area contributed by atoms with Gasteiger partial charge in [0, 0.05) is 10.6 Å². The van der Waals surface area contributed by atoms with Gasteiger partial charge in [-0.15, -0.1) is 12.4 Å². The third-order valence-electron chi connectivity index (χ3n) is 3.05. The third-order valence-corrected chi connectivity index (χ3v) is 3.62. The van der Waals surface area contributed by atoms with Gasteiger partial charge in [-0.25, -0.2) is 0 Å². The molecule has 0 unspecified atom stereocenters. The molecule has 0 aliphatic rings. The van der Waals surface area contributed by atoms with Crippen LogP contribution in [0.1, 0.15) is 26.0 Å². The van der Waals surface area contributed by atoms with E-state index in [1.165, 1.54) is 0 Å². The Morgan fingerprint density at radius 1 is 1.14 bits per heavy atom. The van der Waals surface area contributed by atoms with Crippen LogP contribution in [0, 0.1) is 5.92 Å². The lowest BCUT2D eigenvalue weighted by molar-refractivity contribution is 0.474. The van der Waals surface area contributed by atoms with Crippen LogP contribution in [0.5, 0.6) is 0 Å². The summed E-state index contributed by atoms with van der Waals surface area (Å²) in [5.41, 5.74) is 0.826. The van der Waals surface area contributed by atoms with Gasteiger partial charge in [-0.1, -0.05) is 37.0 Å². The van der Waals surface area contributed by atoms with E-state index in [4.69, 9.17) is 27.6 Å². The molecule has 0 atom stereocenters. The van der Waals surface area contributed by atoms with Crippen molar-refractivity contribution < 1.29 is 4.42 Å². The summed E-state index contributed by atoms with van der Waals surface area (Å²) in [4.78, 5) is 0. The molecule has 0 saturated carbocycles. The molecule has 5 heteroatoms. The second-order valence-corrected chi connectivity index (χ2v) is 6.09. The highest BCUT2D eigenvalue weighted by Gasteiger charge is 2.09. The van der Waals surface area contributed by atoms with Crippen LogP contribution in [0.25, 0.3) is 11.3 Å². The van der Waals surface area contributed by atoms with Crippen LogP contribution in [0.15, 0.2) is 34.7 Å². The predicted octanol–water partition coefficient (Wildman–Crippen LogP) is 5.81. The Morgan fingerprint density at radius 3 is 2.62 bits per heavy atom. The van der Waals surface area contributed by atoms with Crippen LogP contribution in [0.3, 0.4) is 0 Å². The maximum absolute atomic E-state index is 6.17. The van der Waals surface area contributed by atoms with E-state index in [2.05, 4.69) is 19.2 Å². The van der Waals surface area contributed by atoms with Gasteiger partial charge >= 0.3 is 0 Å². The standard InChI is InChI=1S/C16H19Cl2NO.ClH/c1-11(2)7-8-19-10-13-4-6-16(20-13)14-9-12(17)3-5-15(14)18;/h3-6,9,11,19H,7-8,10H2,1-2H3;1H.